The molecule has 0 amide bonds. The van der Waals surface area contributed by atoms with Crippen molar-refractivity contribution in [3.05, 3.63) is 11.8 Å². The smallest absolute Gasteiger partial charge is 0.229 e. The van der Waals surface area contributed by atoms with Gasteiger partial charge in [-0.15, -0.1) is 0 Å². The van der Waals surface area contributed by atoms with Gasteiger partial charge in [0.2, 0.25) is 11.8 Å². The number of aryl methyl sites for hydroxylation is 1. The third-order valence-electron chi connectivity index (χ3n) is 4.11. The Bertz CT molecular complexity index is 477. The molecule has 5 heteroatoms. The van der Waals surface area contributed by atoms with Crippen LogP contribution in [0.4, 0.5) is 5.95 Å². The van der Waals surface area contributed by atoms with Crippen LogP contribution in [0.2, 0.25) is 0 Å². The summed E-state index contributed by atoms with van der Waals surface area (Å²) < 4.78 is 5.74. The highest BCUT2D eigenvalue weighted by Gasteiger charge is 2.36. The number of nitrogens with one attached hydrogen (secondary N) is 1. The Kier molecular flexibility index (Phi) is 3.78. The zero-order valence-electron chi connectivity index (χ0n) is 12.6. The quantitative estimate of drug-likeness (QED) is 0.911. The molecule has 2 unspecified atom stereocenters. The van der Waals surface area contributed by atoms with Gasteiger partial charge in [-0.1, -0.05) is 0 Å². The number of ether oxygens (including phenoxy) is 1. The van der Waals surface area contributed by atoms with Crippen LogP contribution in [-0.2, 0) is 0 Å². The normalized spacial score (nSPS) is 25.9. The van der Waals surface area contributed by atoms with Crippen LogP contribution in [0.15, 0.2) is 6.07 Å². The summed E-state index contributed by atoms with van der Waals surface area (Å²) in [6.45, 7) is 9.27. The second-order valence-electron chi connectivity index (χ2n) is 6.14. The van der Waals surface area contributed by atoms with E-state index in [4.69, 9.17) is 4.74 Å². The molecule has 0 aliphatic carbocycles. The number of hydrogen-bond acceptors (Lipinski definition) is 5. The highest BCUT2D eigenvalue weighted by atomic mass is 16.5. The first-order valence-corrected chi connectivity index (χ1v) is 7.63. The average molecular weight is 276 g/mol. The summed E-state index contributed by atoms with van der Waals surface area (Å²) >= 11 is 0. The first kappa shape index (κ1) is 13.6. The fraction of sp³-hybridized carbons (Fsp3) is 0.733. The molecular formula is C15H24N4O. The lowest BCUT2D eigenvalue weighted by Gasteiger charge is -2.37. The summed E-state index contributed by atoms with van der Waals surface area (Å²) in [5, 5.41) is 3.50. The monoisotopic (exact) mass is 276 g/mol. The minimum atomic E-state index is 0.138. The van der Waals surface area contributed by atoms with Gasteiger partial charge in [0.05, 0.1) is 6.10 Å². The van der Waals surface area contributed by atoms with Gasteiger partial charge in [0.15, 0.2) is 0 Å². The second-order valence-corrected chi connectivity index (χ2v) is 6.14. The van der Waals surface area contributed by atoms with E-state index in [0.29, 0.717) is 11.9 Å². The highest BCUT2D eigenvalue weighted by Crippen LogP contribution is 2.30. The van der Waals surface area contributed by atoms with Crippen LogP contribution in [0.3, 0.4) is 0 Å². The third kappa shape index (κ3) is 2.73. The Morgan fingerprint density at radius 3 is 3.00 bits per heavy atom. The number of anilines is 1. The average Bonchev–Trinajstić information content (AvgIpc) is 2.84. The van der Waals surface area contributed by atoms with Crippen molar-refractivity contribution < 1.29 is 4.74 Å². The Morgan fingerprint density at radius 2 is 2.20 bits per heavy atom. The molecule has 2 atom stereocenters. The van der Waals surface area contributed by atoms with Gasteiger partial charge in [0.25, 0.3) is 0 Å². The molecule has 1 aromatic heterocycles. The fourth-order valence-electron chi connectivity index (χ4n) is 3.27. The minimum absolute atomic E-state index is 0.138. The first-order chi connectivity index (χ1) is 9.63. The molecule has 3 heterocycles. The number of piperidine rings is 1. The highest BCUT2D eigenvalue weighted by molar-refractivity contribution is 5.37. The number of fused-ring (bicyclic) bond motifs is 1. The molecule has 1 aromatic rings. The van der Waals surface area contributed by atoms with Crippen LogP contribution >= 0.6 is 0 Å². The maximum atomic E-state index is 5.74. The van der Waals surface area contributed by atoms with Crippen LogP contribution < -0.4 is 15.0 Å². The predicted octanol–water partition coefficient (Wildman–Crippen LogP) is 1.76. The van der Waals surface area contributed by atoms with E-state index in [1.54, 1.807) is 0 Å². The number of aromatic nitrogens is 2. The predicted molar refractivity (Wildman–Crippen MR) is 79.3 cm³/mol. The van der Waals surface area contributed by atoms with Crippen LogP contribution in [0, 0.1) is 12.8 Å². The second kappa shape index (κ2) is 5.56. The Labute approximate surface area is 120 Å². The van der Waals surface area contributed by atoms with E-state index in [9.17, 15) is 0 Å². The largest absolute Gasteiger partial charge is 0.475 e. The Morgan fingerprint density at radius 1 is 1.35 bits per heavy atom. The standard InChI is InChI=1S/C15H24N4O/c1-10(2)20-14-7-11(3)17-15(18-14)19-6-4-5-12-8-16-9-13(12)19/h7,10,12-13,16H,4-6,8-9H2,1-3H3. The summed E-state index contributed by atoms with van der Waals surface area (Å²) in [4.78, 5) is 11.6. The Balaban J connectivity index is 1.86. The van der Waals surface area contributed by atoms with Gasteiger partial charge in [0, 0.05) is 37.4 Å². The van der Waals surface area contributed by atoms with E-state index in [-0.39, 0.29) is 6.10 Å². The zero-order chi connectivity index (χ0) is 14.1. The van der Waals surface area contributed by atoms with Gasteiger partial charge in [-0.2, -0.15) is 4.98 Å². The van der Waals surface area contributed by atoms with Crippen molar-refractivity contribution in [1.82, 2.24) is 15.3 Å². The van der Waals surface area contributed by atoms with Crippen LogP contribution in [0.5, 0.6) is 5.88 Å². The van der Waals surface area contributed by atoms with E-state index in [0.717, 1.165) is 37.2 Å². The molecule has 1 N–H and O–H groups in total. The van der Waals surface area contributed by atoms with Gasteiger partial charge in [-0.3, -0.25) is 0 Å². The minimum Gasteiger partial charge on any atom is -0.475 e. The van der Waals surface area contributed by atoms with E-state index in [1.165, 1.54) is 12.8 Å². The molecule has 2 aliphatic heterocycles. The van der Waals surface area contributed by atoms with E-state index in [1.807, 2.05) is 26.8 Å². The van der Waals surface area contributed by atoms with Crippen molar-refractivity contribution in [3.63, 3.8) is 0 Å². The molecule has 110 valence electrons. The van der Waals surface area contributed by atoms with Gasteiger partial charge in [-0.25, -0.2) is 4.98 Å². The van der Waals surface area contributed by atoms with Crippen molar-refractivity contribution >= 4 is 5.95 Å². The fourth-order valence-corrected chi connectivity index (χ4v) is 3.27. The topological polar surface area (TPSA) is 50.3 Å². The maximum Gasteiger partial charge on any atom is 0.229 e. The molecule has 2 saturated heterocycles. The van der Waals surface area contributed by atoms with Crippen LogP contribution in [0.1, 0.15) is 32.4 Å². The third-order valence-corrected chi connectivity index (χ3v) is 4.11. The van der Waals surface area contributed by atoms with Gasteiger partial charge >= 0.3 is 0 Å². The molecule has 0 saturated carbocycles. The van der Waals surface area contributed by atoms with Crippen molar-refractivity contribution in [1.29, 1.82) is 0 Å². The summed E-state index contributed by atoms with van der Waals surface area (Å²) in [5.41, 5.74) is 0.971. The van der Waals surface area contributed by atoms with E-state index in [2.05, 4.69) is 20.2 Å². The van der Waals surface area contributed by atoms with E-state index < -0.39 is 0 Å². The van der Waals surface area contributed by atoms with Crippen LogP contribution in [-0.4, -0.2) is 41.7 Å². The van der Waals surface area contributed by atoms with Crippen molar-refractivity contribution in [2.24, 2.45) is 5.92 Å². The van der Waals surface area contributed by atoms with Gasteiger partial charge in [-0.05, 0) is 39.5 Å². The number of nitrogens with zero attached hydrogens (tertiary/aromatic N) is 3. The molecule has 2 fully saturated rings. The molecule has 0 aromatic carbocycles. The Hall–Kier alpha value is -1.36. The number of hydrogen-bond donors (Lipinski definition) is 1. The lowest BCUT2D eigenvalue weighted by atomic mass is 9.92. The first-order valence-electron chi connectivity index (χ1n) is 7.63. The molecule has 3 rings (SSSR count). The molecule has 2 aliphatic rings. The summed E-state index contributed by atoms with van der Waals surface area (Å²) in [6, 6.07) is 2.45. The van der Waals surface area contributed by atoms with Crippen molar-refractivity contribution in [2.75, 3.05) is 24.5 Å². The van der Waals surface area contributed by atoms with Gasteiger partial charge < -0.3 is 15.0 Å². The number of rotatable bonds is 3. The summed E-state index contributed by atoms with van der Waals surface area (Å²) in [5.74, 6) is 2.26. The summed E-state index contributed by atoms with van der Waals surface area (Å²) in [6.07, 6.45) is 2.68. The zero-order valence-corrected chi connectivity index (χ0v) is 12.6. The lowest BCUT2D eigenvalue weighted by molar-refractivity contribution is 0.231. The molecule has 5 nitrogen and oxygen atoms in total. The molecule has 0 bridgehead atoms. The van der Waals surface area contributed by atoms with Crippen molar-refractivity contribution in [2.45, 2.75) is 45.8 Å². The maximum absolute atomic E-state index is 5.74. The molecule has 20 heavy (non-hydrogen) atoms. The molecular weight excluding hydrogens is 252 g/mol. The summed E-state index contributed by atoms with van der Waals surface area (Å²) in [7, 11) is 0. The lowest BCUT2D eigenvalue weighted by Crippen LogP contribution is -2.46. The van der Waals surface area contributed by atoms with E-state index >= 15 is 0 Å². The van der Waals surface area contributed by atoms with Gasteiger partial charge in [0.1, 0.15) is 0 Å². The van der Waals surface area contributed by atoms with Crippen molar-refractivity contribution in [3.8, 4) is 5.88 Å². The molecule has 0 radical (unpaired) electrons. The van der Waals surface area contributed by atoms with Crippen LogP contribution in [0.25, 0.3) is 0 Å². The SMILES string of the molecule is Cc1cc(OC(C)C)nc(N2CCCC3CNCC32)n1. The molecule has 0 spiro atoms.